The Bertz CT molecular complexity index is 947. The minimum atomic E-state index is 0.464. The van der Waals surface area contributed by atoms with Crippen molar-refractivity contribution in [3.8, 4) is 16.9 Å². The van der Waals surface area contributed by atoms with E-state index in [0.717, 1.165) is 22.6 Å². The summed E-state index contributed by atoms with van der Waals surface area (Å²) in [5.41, 5.74) is 3.55. The third-order valence-corrected chi connectivity index (χ3v) is 5.56. The highest BCUT2D eigenvalue weighted by Gasteiger charge is 2.16. The van der Waals surface area contributed by atoms with Crippen LogP contribution in [0.1, 0.15) is 37.8 Å². The highest BCUT2D eigenvalue weighted by molar-refractivity contribution is 6.35. The number of rotatable bonds is 4. The van der Waals surface area contributed by atoms with E-state index in [4.69, 9.17) is 28.2 Å². The maximum atomic E-state index is 6.34. The zero-order chi connectivity index (χ0) is 18.8. The van der Waals surface area contributed by atoms with Gasteiger partial charge in [-0.3, -0.25) is 0 Å². The molecule has 0 atom stereocenters. The van der Waals surface area contributed by atoms with E-state index in [0.29, 0.717) is 22.0 Å². The quantitative estimate of drug-likeness (QED) is 0.609. The van der Waals surface area contributed by atoms with Gasteiger partial charge in [-0.25, -0.2) is 14.6 Å². The molecule has 1 N–H and O–H groups in total. The van der Waals surface area contributed by atoms with Crippen molar-refractivity contribution >= 4 is 29.2 Å². The Labute approximate surface area is 168 Å². The molecule has 1 aromatic carbocycles. The van der Waals surface area contributed by atoms with Gasteiger partial charge in [0.2, 0.25) is 5.95 Å². The molecule has 1 aliphatic carbocycles. The van der Waals surface area contributed by atoms with Gasteiger partial charge in [0, 0.05) is 22.8 Å². The summed E-state index contributed by atoms with van der Waals surface area (Å²) in [4.78, 5) is 9.10. The third-order valence-electron chi connectivity index (χ3n) is 5.02. The van der Waals surface area contributed by atoms with Crippen LogP contribution in [0.4, 0.5) is 5.95 Å². The van der Waals surface area contributed by atoms with Gasteiger partial charge in [-0.15, -0.1) is 0 Å². The second kappa shape index (κ2) is 7.87. The second-order valence-electron chi connectivity index (χ2n) is 6.90. The summed E-state index contributed by atoms with van der Waals surface area (Å²) in [5, 5.41) is 9.14. The topological polar surface area (TPSA) is 55.6 Å². The van der Waals surface area contributed by atoms with Gasteiger partial charge in [0.15, 0.2) is 0 Å². The smallest absolute Gasteiger partial charge is 0.223 e. The molecule has 1 fully saturated rings. The van der Waals surface area contributed by atoms with Gasteiger partial charge in [-0.1, -0.05) is 42.5 Å². The first-order chi connectivity index (χ1) is 13.1. The van der Waals surface area contributed by atoms with E-state index in [1.165, 1.54) is 32.1 Å². The lowest BCUT2D eigenvalue weighted by atomic mass is 9.96. The third kappa shape index (κ3) is 3.94. The number of halogens is 2. The molecule has 7 heteroatoms. The van der Waals surface area contributed by atoms with Crippen molar-refractivity contribution in [3.63, 3.8) is 0 Å². The van der Waals surface area contributed by atoms with E-state index in [2.05, 4.69) is 15.4 Å². The summed E-state index contributed by atoms with van der Waals surface area (Å²) in [6, 6.07) is 7.76. The molecule has 0 radical (unpaired) electrons. The van der Waals surface area contributed by atoms with Crippen LogP contribution in [-0.2, 0) is 0 Å². The Kier molecular flexibility index (Phi) is 5.32. The summed E-state index contributed by atoms with van der Waals surface area (Å²) < 4.78 is 1.81. The van der Waals surface area contributed by atoms with Gasteiger partial charge in [0.25, 0.3) is 0 Å². The lowest BCUT2D eigenvalue weighted by Gasteiger charge is -2.22. The Balaban J connectivity index is 1.62. The van der Waals surface area contributed by atoms with E-state index in [-0.39, 0.29) is 0 Å². The van der Waals surface area contributed by atoms with E-state index in [1.54, 1.807) is 18.3 Å². The van der Waals surface area contributed by atoms with Crippen LogP contribution < -0.4 is 5.32 Å². The van der Waals surface area contributed by atoms with Crippen LogP contribution in [0.15, 0.2) is 36.7 Å². The number of nitrogens with zero attached hydrogens (tertiary/aromatic N) is 4. The standard InChI is InChI=1S/C20H21Cl2N5/c1-13-16(12-24-27(13)19-8-7-14(21)11-17(19)22)18-9-10-23-20(26-18)25-15-5-3-2-4-6-15/h7-12,15H,2-6H2,1H3,(H,23,25,26). The number of anilines is 1. The molecule has 0 amide bonds. The minimum absolute atomic E-state index is 0.464. The van der Waals surface area contributed by atoms with Crippen LogP contribution in [0.25, 0.3) is 16.9 Å². The maximum absolute atomic E-state index is 6.34. The molecule has 0 aliphatic heterocycles. The first-order valence-corrected chi connectivity index (χ1v) is 9.97. The maximum Gasteiger partial charge on any atom is 0.223 e. The molecule has 140 valence electrons. The van der Waals surface area contributed by atoms with Crippen LogP contribution in [0.3, 0.4) is 0 Å². The van der Waals surface area contributed by atoms with Crippen molar-refractivity contribution in [1.29, 1.82) is 0 Å². The van der Waals surface area contributed by atoms with Gasteiger partial charge in [0.05, 0.1) is 28.3 Å². The zero-order valence-electron chi connectivity index (χ0n) is 15.1. The van der Waals surface area contributed by atoms with E-state index >= 15 is 0 Å². The number of hydrogen-bond acceptors (Lipinski definition) is 4. The Morgan fingerprint density at radius 1 is 1.11 bits per heavy atom. The zero-order valence-corrected chi connectivity index (χ0v) is 16.6. The number of aromatic nitrogens is 4. The number of hydrogen-bond donors (Lipinski definition) is 1. The molecule has 0 bridgehead atoms. The van der Waals surface area contributed by atoms with Gasteiger partial charge >= 0.3 is 0 Å². The average molecular weight is 402 g/mol. The van der Waals surface area contributed by atoms with Crippen LogP contribution in [0.2, 0.25) is 10.0 Å². The van der Waals surface area contributed by atoms with E-state index in [1.807, 2.05) is 29.9 Å². The Hall–Kier alpha value is -2.11. The van der Waals surface area contributed by atoms with Gasteiger partial charge in [0.1, 0.15) is 0 Å². The molecule has 3 aromatic rings. The first-order valence-electron chi connectivity index (χ1n) is 9.22. The summed E-state index contributed by atoms with van der Waals surface area (Å²) in [5.74, 6) is 0.677. The van der Waals surface area contributed by atoms with Gasteiger partial charge in [-0.05, 0) is 44.0 Å². The molecule has 2 heterocycles. The van der Waals surface area contributed by atoms with E-state index in [9.17, 15) is 0 Å². The van der Waals surface area contributed by atoms with Crippen molar-refractivity contribution in [2.24, 2.45) is 0 Å². The molecule has 1 saturated carbocycles. The molecule has 1 aliphatic rings. The Morgan fingerprint density at radius 2 is 1.93 bits per heavy atom. The van der Waals surface area contributed by atoms with Gasteiger partial charge < -0.3 is 5.32 Å². The molecular weight excluding hydrogens is 381 g/mol. The fourth-order valence-corrected chi connectivity index (χ4v) is 4.05. The first kappa shape index (κ1) is 18.3. The predicted octanol–water partition coefficient (Wildman–Crippen LogP) is 5.69. The Morgan fingerprint density at radius 3 is 2.70 bits per heavy atom. The van der Waals surface area contributed by atoms with Crippen molar-refractivity contribution in [1.82, 2.24) is 19.7 Å². The van der Waals surface area contributed by atoms with Crippen molar-refractivity contribution in [3.05, 3.63) is 52.4 Å². The lowest BCUT2D eigenvalue weighted by Crippen LogP contribution is -2.23. The highest BCUT2D eigenvalue weighted by Crippen LogP contribution is 2.29. The highest BCUT2D eigenvalue weighted by atomic mass is 35.5. The summed E-state index contributed by atoms with van der Waals surface area (Å²) in [7, 11) is 0. The molecule has 0 saturated heterocycles. The number of nitrogens with one attached hydrogen (secondary N) is 1. The van der Waals surface area contributed by atoms with Crippen molar-refractivity contribution < 1.29 is 0 Å². The molecule has 5 nitrogen and oxygen atoms in total. The van der Waals surface area contributed by atoms with Gasteiger partial charge in [-0.2, -0.15) is 5.10 Å². The SMILES string of the molecule is Cc1c(-c2ccnc(NC3CCCCC3)n2)cnn1-c1ccc(Cl)cc1Cl. The summed E-state index contributed by atoms with van der Waals surface area (Å²) in [6.07, 6.45) is 9.83. The van der Waals surface area contributed by atoms with Crippen molar-refractivity contribution in [2.45, 2.75) is 45.1 Å². The fraction of sp³-hybridized carbons (Fsp3) is 0.350. The summed E-state index contributed by atoms with van der Waals surface area (Å²) >= 11 is 12.3. The van der Waals surface area contributed by atoms with Crippen molar-refractivity contribution in [2.75, 3.05) is 5.32 Å². The average Bonchev–Trinajstić information content (AvgIpc) is 3.04. The van der Waals surface area contributed by atoms with Crippen LogP contribution >= 0.6 is 23.2 Å². The van der Waals surface area contributed by atoms with Crippen LogP contribution in [-0.4, -0.2) is 25.8 Å². The second-order valence-corrected chi connectivity index (χ2v) is 7.74. The minimum Gasteiger partial charge on any atom is -0.351 e. The largest absolute Gasteiger partial charge is 0.351 e. The monoisotopic (exact) mass is 401 g/mol. The van der Waals surface area contributed by atoms with E-state index < -0.39 is 0 Å². The molecule has 4 rings (SSSR count). The van der Waals surface area contributed by atoms with Crippen LogP contribution in [0.5, 0.6) is 0 Å². The predicted molar refractivity (Wildman–Crippen MR) is 110 cm³/mol. The molecular formula is C20H21Cl2N5. The molecule has 2 aromatic heterocycles. The molecule has 0 spiro atoms. The fourth-order valence-electron chi connectivity index (χ4n) is 3.56. The van der Waals surface area contributed by atoms with Crippen LogP contribution in [0, 0.1) is 6.92 Å². The number of benzene rings is 1. The lowest BCUT2D eigenvalue weighted by molar-refractivity contribution is 0.461. The normalized spacial score (nSPS) is 15.1. The molecule has 0 unspecified atom stereocenters. The summed E-state index contributed by atoms with van der Waals surface area (Å²) in [6.45, 7) is 2.00. The molecule has 27 heavy (non-hydrogen) atoms.